The van der Waals surface area contributed by atoms with Gasteiger partial charge in [-0.05, 0) is 12.8 Å². The summed E-state index contributed by atoms with van der Waals surface area (Å²) in [4.78, 5) is 21.8. The van der Waals surface area contributed by atoms with E-state index in [4.69, 9.17) is 9.84 Å². The summed E-state index contributed by atoms with van der Waals surface area (Å²) in [5, 5.41) is 11.1. The molecule has 0 radical (unpaired) electrons. The van der Waals surface area contributed by atoms with Gasteiger partial charge in [-0.1, -0.05) is 26.7 Å². The van der Waals surface area contributed by atoms with Crippen molar-refractivity contribution in [1.82, 2.24) is 5.32 Å². The van der Waals surface area contributed by atoms with Crippen molar-refractivity contribution in [3.8, 4) is 0 Å². The van der Waals surface area contributed by atoms with Crippen molar-refractivity contribution in [2.45, 2.75) is 45.6 Å². The van der Waals surface area contributed by atoms with E-state index in [0.717, 1.165) is 12.8 Å². The van der Waals surface area contributed by atoms with E-state index in [2.05, 4.69) is 5.32 Å². The summed E-state index contributed by atoms with van der Waals surface area (Å²) in [6.07, 6.45) is 2.19. The highest BCUT2D eigenvalue weighted by Crippen LogP contribution is 1.98. The van der Waals surface area contributed by atoms with Crippen molar-refractivity contribution in [2.24, 2.45) is 0 Å². The zero-order valence-electron chi connectivity index (χ0n) is 9.28. The smallest absolute Gasteiger partial charge is 0.407 e. The van der Waals surface area contributed by atoms with Crippen molar-refractivity contribution < 1.29 is 19.4 Å². The number of ether oxygens (including phenoxy) is 1. The number of nitrogens with one attached hydrogen (secondary N) is 1. The molecule has 5 heteroatoms. The number of carbonyl (C=O) groups excluding carboxylic acids is 1. The Morgan fingerprint density at radius 2 is 2.00 bits per heavy atom. The lowest BCUT2D eigenvalue weighted by atomic mass is 10.2. The van der Waals surface area contributed by atoms with Gasteiger partial charge in [-0.15, -0.1) is 0 Å². The molecule has 0 saturated carbocycles. The topological polar surface area (TPSA) is 75.6 Å². The van der Waals surface area contributed by atoms with Gasteiger partial charge < -0.3 is 15.2 Å². The van der Waals surface area contributed by atoms with Gasteiger partial charge in [-0.25, -0.2) is 9.59 Å². The van der Waals surface area contributed by atoms with Crippen LogP contribution in [0.5, 0.6) is 0 Å². The molecule has 0 aromatic rings. The monoisotopic (exact) mass is 217 g/mol. The van der Waals surface area contributed by atoms with Crippen LogP contribution in [0.15, 0.2) is 0 Å². The second kappa shape index (κ2) is 8.08. The molecule has 0 aromatic carbocycles. The van der Waals surface area contributed by atoms with E-state index in [1.54, 1.807) is 0 Å². The first-order valence-corrected chi connectivity index (χ1v) is 5.27. The number of hydrogen-bond donors (Lipinski definition) is 2. The molecule has 0 heterocycles. The molecule has 2 N–H and O–H groups in total. The largest absolute Gasteiger partial charge is 0.480 e. The van der Waals surface area contributed by atoms with E-state index in [1.165, 1.54) is 0 Å². The fourth-order valence-corrected chi connectivity index (χ4v) is 1.04. The summed E-state index contributed by atoms with van der Waals surface area (Å²) in [5.41, 5.74) is 0. The third-order valence-electron chi connectivity index (χ3n) is 1.90. The summed E-state index contributed by atoms with van der Waals surface area (Å²) in [6, 6.07) is -0.843. The van der Waals surface area contributed by atoms with Crippen LogP contribution in [0, 0.1) is 0 Å². The van der Waals surface area contributed by atoms with Crippen molar-refractivity contribution in [1.29, 1.82) is 0 Å². The van der Waals surface area contributed by atoms with Gasteiger partial charge in [-0.2, -0.15) is 0 Å². The maximum absolute atomic E-state index is 11.1. The van der Waals surface area contributed by atoms with Crippen molar-refractivity contribution >= 4 is 12.1 Å². The molecular formula is C10H19NO4. The molecule has 0 aliphatic heterocycles. The lowest BCUT2D eigenvalue weighted by Gasteiger charge is -2.13. The highest BCUT2D eigenvalue weighted by Gasteiger charge is 2.18. The van der Waals surface area contributed by atoms with Crippen molar-refractivity contribution in [2.75, 3.05) is 6.61 Å². The highest BCUT2D eigenvalue weighted by atomic mass is 16.5. The second-order valence-electron chi connectivity index (χ2n) is 3.31. The van der Waals surface area contributed by atoms with E-state index in [9.17, 15) is 9.59 Å². The first-order chi connectivity index (χ1) is 7.11. The van der Waals surface area contributed by atoms with E-state index >= 15 is 0 Å². The Balaban J connectivity index is 3.84. The molecule has 0 aliphatic rings. The van der Waals surface area contributed by atoms with Crippen LogP contribution in [0.1, 0.15) is 39.5 Å². The van der Waals surface area contributed by atoms with Crippen LogP contribution < -0.4 is 5.32 Å². The molecule has 0 saturated heterocycles. The van der Waals surface area contributed by atoms with Gasteiger partial charge in [0.15, 0.2) is 0 Å². The van der Waals surface area contributed by atoms with Crippen LogP contribution in [0.4, 0.5) is 4.79 Å². The van der Waals surface area contributed by atoms with Gasteiger partial charge in [0.05, 0.1) is 6.61 Å². The first-order valence-electron chi connectivity index (χ1n) is 5.27. The number of carbonyl (C=O) groups is 2. The number of carboxylic acids is 1. The zero-order valence-corrected chi connectivity index (χ0v) is 9.28. The highest BCUT2D eigenvalue weighted by molar-refractivity contribution is 5.79. The summed E-state index contributed by atoms with van der Waals surface area (Å²) in [5.74, 6) is -1.02. The lowest BCUT2D eigenvalue weighted by Crippen LogP contribution is -2.41. The van der Waals surface area contributed by atoms with Gasteiger partial charge >= 0.3 is 12.1 Å². The number of unbranched alkanes of at least 4 members (excludes halogenated alkanes) is 1. The molecular weight excluding hydrogens is 198 g/mol. The molecule has 0 rings (SSSR count). The average molecular weight is 217 g/mol. The SMILES string of the molecule is CCCCOC(=O)N[C@@H](CCC)C(=O)O. The standard InChI is InChI=1S/C10H19NO4/c1-3-5-7-15-10(14)11-8(6-4-2)9(12)13/h8H,3-7H2,1-2H3,(H,11,14)(H,12,13)/t8-/m0/s1. The summed E-state index contributed by atoms with van der Waals surface area (Å²) in [6.45, 7) is 4.18. The third kappa shape index (κ3) is 6.76. The maximum Gasteiger partial charge on any atom is 0.407 e. The number of alkyl carbamates (subject to hydrolysis) is 1. The number of aliphatic carboxylic acids is 1. The average Bonchev–Trinajstić information content (AvgIpc) is 2.17. The Hall–Kier alpha value is -1.26. The molecule has 15 heavy (non-hydrogen) atoms. The summed E-state index contributed by atoms with van der Waals surface area (Å²) >= 11 is 0. The molecule has 0 aromatic heterocycles. The molecule has 5 nitrogen and oxygen atoms in total. The van der Waals surface area contributed by atoms with Crippen LogP contribution >= 0.6 is 0 Å². The second-order valence-corrected chi connectivity index (χ2v) is 3.31. The van der Waals surface area contributed by atoms with Crippen LogP contribution in [-0.4, -0.2) is 29.8 Å². The predicted molar refractivity (Wildman–Crippen MR) is 55.7 cm³/mol. The summed E-state index contributed by atoms with van der Waals surface area (Å²) in [7, 11) is 0. The minimum Gasteiger partial charge on any atom is -0.480 e. The Bertz CT molecular complexity index is 206. The van der Waals surface area contributed by atoms with Crippen molar-refractivity contribution in [3.05, 3.63) is 0 Å². The van der Waals surface area contributed by atoms with E-state index < -0.39 is 18.1 Å². The number of hydrogen-bond acceptors (Lipinski definition) is 3. The van der Waals surface area contributed by atoms with E-state index in [1.807, 2.05) is 13.8 Å². The Morgan fingerprint density at radius 3 is 2.47 bits per heavy atom. The van der Waals surface area contributed by atoms with E-state index in [-0.39, 0.29) is 0 Å². The number of rotatable bonds is 7. The van der Waals surface area contributed by atoms with Crippen LogP contribution in [0.2, 0.25) is 0 Å². The molecule has 0 fully saturated rings. The van der Waals surface area contributed by atoms with Gasteiger partial charge in [0.2, 0.25) is 0 Å². The van der Waals surface area contributed by atoms with Gasteiger partial charge in [0.1, 0.15) is 6.04 Å². The van der Waals surface area contributed by atoms with E-state index in [0.29, 0.717) is 19.4 Å². The van der Waals surface area contributed by atoms with Crippen molar-refractivity contribution in [3.63, 3.8) is 0 Å². The molecule has 0 aliphatic carbocycles. The predicted octanol–water partition coefficient (Wildman–Crippen LogP) is 1.77. The Labute approximate surface area is 89.8 Å². The Morgan fingerprint density at radius 1 is 1.33 bits per heavy atom. The minimum absolute atomic E-state index is 0.334. The molecule has 0 unspecified atom stereocenters. The minimum atomic E-state index is -1.02. The van der Waals surface area contributed by atoms with Gasteiger partial charge in [0, 0.05) is 0 Å². The molecule has 1 atom stereocenters. The van der Waals surface area contributed by atoms with Crippen LogP contribution in [-0.2, 0) is 9.53 Å². The fourth-order valence-electron chi connectivity index (χ4n) is 1.04. The normalized spacial score (nSPS) is 11.9. The third-order valence-corrected chi connectivity index (χ3v) is 1.90. The number of amides is 1. The zero-order chi connectivity index (χ0) is 11.7. The van der Waals surface area contributed by atoms with Gasteiger partial charge in [-0.3, -0.25) is 0 Å². The van der Waals surface area contributed by atoms with Gasteiger partial charge in [0.25, 0.3) is 0 Å². The molecule has 1 amide bonds. The van der Waals surface area contributed by atoms with Crippen LogP contribution in [0.3, 0.4) is 0 Å². The first kappa shape index (κ1) is 13.7. The molecule has 0 spiro atoms. The molecule has 88 valence electrons. The maximum atomic E-state index is 11.1. The number of carboxylic acid groups (broad SMARTS) is 1. The Kier molecular flexibility index (Phi) is 7.40. The summed E-state index contributed by atoms with van der Waals surface area (Å²) < 4.78 is 4.80. The lowest BCUT2D eigenvalue weighted by molar-refractivity contribution is -0.139. The quantitative estimate of drug-likeness (QED) is 0.637. The molecule has 0 bridgehead atoms. The van der Waals surface area contributed by atoms with Crippen LogP contribution in [0.25, 0.3) is 0 Å². The fraction of sp³-hybridized carbons (Fsp3) is 0.800.